The van der Waals surface area contributed by atoms with Crippen LogP contribution in [0.2, 0.25) is 0 Å². The summed E-state index contributed by atoms with van der Waals surface area (Å²) in [5.41, 5.74) is 12.9. The van der Waals surface area contributed by atoms with Crippen molar-refractivity contribution in [3.8, 4) is 67.5 Å². The van der Waals surface area contributed by atoms with E-state index >= 15 is 0 Å². The van der Waals surface area contributed by atoms with E-state index in [1.807, 2.05) is 60.7 Å². The van der Waals surface area contributed by atoms with Crippen LogP contribution in [0.5, 0.6) is 0 Å². The summed E-state index contributed by atoms with van der Waals surface area (Å²) in [6.45, 7) is 0. The van der Waals surface area contributed by atoms with Gasteiger partial charge in [0.25, 0.3) is 0 Å². The lowest BCUT2D eigenvalue weighted by atomic mass is 9.90. The van der Waals surface area contributed by atoms with Crippen molar-refractivity contribution in [3.05, 3.63) is 163 Å². The standard InChI is InChI=1S/C40H27N3/c1-4-13-27(14-5-1)32-24-33(36-22-12-20-31-23-30-19-10-11-21-35(30)37(31)36)26-34(25-32)40-42-38(28-15-6-2-7-16-28)41-39(43-40)29-17-8-3-9-18-29/h1-22,24-26H,23H2. The molecule has 1 aromatic heterocycles. The molecule has 0 aliphatic heterocycles. The van der Waals surface area contributed by atoms with Gasteiger partial charge in [-0.05, 0) is 69.1 Å². The topological polar surface area (TPSA) is 38.7 Å². The predicted molar refractivity (Wildman–Crippen MR) is 175 cm³/mol. The lowest BCUT2D eigenvalue weighted by molar-refractivity contribution is 1.07. The fourth-order valence-corrected chi connectivity index (χ4v) is 6.08. The molecule has 3 heteroatoms. The minimum absolute atomic E-state index is 0.653. The lowest BCUT2D eigenvalue weighted by Gasteiger charge is -2.15. The van der Waals surface area contributed by atoms with Crippen LogP contribution in [0.3, 0.4) is 0 Å². The minimum atomic E-state index is 0.653. The maximum atomic E-state index is 5.06. The number of aromatic nitrogens is 3. The molecule has 0 saturated heterocycles. The molecule has 43 heavy (non-hydrogen) atoms. The first-order valence-electron chi connectivity index (χ1n) is 14.6. The van der Waals surface area contributed by atoms with Gasteiger partial charge in [0.1, 0.15) is 0 Å². The summed E-state index contributed by atoms with van der Waals surface area (Å²) in [4.78, 5) is 15.0. The highest BCUT2D eigenvalue weighted by Crippen LogP contribution is 2.44. The Bertz CT molecular complexity index is 2030. The maximum absolute atomic E-state index is 5.06. The Morgan fingerprint density at radius 1 is 0.326 bits per heavy atom. The highest BCUT2D eigenvalue weighted by Gasteiger charge is 2.22. The normalized spacial score (nSPS) is 11.6. The summed E-state index contributed by atoms with van der Waals surface area (Å²) in [6, 6.07) is 53.0. The molecule has 0 amide bonds. The van der Waals surface area contributed by atoms with Crippen LogP contribution in [0.1, 0.15) is 11.1 Å². The zero-order valence-electron chi connectivity index (χ0n) is 23.5. The molecule has 0 bridgehead atoms. The molecule has 202 valence electrons. The summed E-state index contributed by atoms with van der Waals surface area (Å²) < 4.78 is 0. The summed E-state index contributed by atoms with van der Waals surface area (Å²) in [6.07, 6.45) is 0.957. The van der Waals surface area contributed by atoms with Crippen molar-refractivity contribution in [2.45, 2.75) is 6.42 Å². The van der Waals surface area contributed by atoms with Crippen molar-refractivity contribution >= 4 is 0 Å². The third-order valence-electron chi connectivity index (χ3n) is 8.13. The van der Waals surface area contributed by atoms with Crippen molar-refractivity contribution in [2.75, 3.05) is 0 Å². The zero-order valence-corrected chi connectivity index (χ0v) is 23.5. The monoisotopic (exact) mass is 549 g/mol. The van der Waals surface area contributed by atoms with Gasteiger partial charge in [-0.15, -0.1) is 0 Å². The van der Waals surface area contributed by atoms with Crippen LogP contribution in [-0.4, -0.2) is 15.0 Å². The van der Waals surface area contributed by atoms with Crippen LogP contribution in [0.4, 0.5) is 0 Å². The van der Waals surface area contributed by atoms with Crippen molar-refractivity contribution in [2.24, 2.45) is 0 Å². The van der Waals surface area contributed by atoms with E-state index in [2.05, 4.69) is 91.0 Å². The molecule has 3 nitrogen and oxygen atoms in total. The van der Waals surface area contributed by atoms with E-state index in [0.29, 0.717) is 17.5 Å². The second-order valence-corrected chi connectivity index (χ2v) is 10.9. The predicted octanol–water partition coefficient (Wildman–Crippen LogP) is 9.78. The fraction of sp³-hybridized carbons (Fsp3) is 0.0250. The third-order valence-corrected chi connectivity index (χ3v) is 8.13. The van der Waals surface area contributed by atoms with E-state index < -0.39 is 0 Å². The van der Waals surface area contributed by atoms with Gasteiger partial charge in [-0.3, -0.25) is 0 Å². The van der Waals surface area contributed by atoms with Crippen molar-refractivity contribution in [1.29, 1.82) is 0 Å². The number of nitrogens with zero attached hydrogens (tertiary/aromatic N) is 3. The molecule has 1 aliphatic rings. The molecule has 0 radical (unpaired) electrons. The van der Waals surface area contributed by atoms with Crippen LogP contribution in [0.25, 0.3) is 67.5 Å². The molecular weight excluding hydrogens is 522 g/mol. The summed E-state index contributed by atoms with van der Waals surface area (Å²) in [5.74, 6) is 1.97. The molecule has 1 aliphatic carbocycles. The molecule has 0 unspecified atom stereocenters. The van der Waals surface area contributed by atoms with E-state index in [0.717, 1.165) is 39.8 Å². The van der Waals surface area contributed by atoms with Crippen molar-refractivity contribution in [1.82, 2.24) is 15.0 Å². The fourth-order valence-electron chi connectivity index (χ4n) is 6.08. The number of hydrogen-bond donors (Lipinski definition) is 0. The lowest BCUT2D eigenvalue weighted by Crippen LogP contribution is -2.00. The van der Waals surface area contributed by atoms with E-state index in [1.54, 1.807) is 0 Å². The Morgan fingerprint density at radius 3 is 1.44 bits per heavy atom. The summed E-state index contributed by atoms with van der Waals surface area (Å²) >= 11 is 0. The van der Waals surface area contributed by atoms with Crippen LogP contribution >= 0.6 is 0 Å². The average Bonchev–Trinajstić information content (AvgIpc) is 3.48. The first kappa shape index (κ1) is 25.1. The second kappa shape index (κ2) is 10.6. The Balaban J connectivity index is 1.37. The quantitative estimate of drug-likeness (QED) is 0.214. The number of benzene rings is 6. The number of hydrogen-bond acceptors (Lipinski definition) is 3. The molecular formula is C40H27N3. The van der Waals surface area contributed by atoms with Gasteiger partial charge in [0.05, 0.1) is 0 Å². The second-order valence-electron chi connectivity index (χ2n) is 10.9. The highest BCUT2D eigenvalue weighted by atomic mass is 15.0. The number of fused-ring (bicyclic) bond motifs is 3. The third kappa shape index (κ3) is 4.71. The molecule has 8 rings (SSSR count). The Hall–Kier alpha value is -5.67. The highest BCUT2D eigenvalue weighted by molar-refractivity contribution is 5.92. The van der Waals surface area contributed by atoms with Crippen molar-refractivity contribution < 1.29 is 0 Å². The van der Waals surface area contributed by atoms with Gasteiger partial charge in [0.15, 0.2) is 17.5 Å². The van der Waals surface area contributed by atoms with E-state index in [4.69, 9.17) is 15.0 Å². The van der Waals surface area contributed by atoms with Gasteiger partial charge in [-0.2, -0.15) is 0 Å². The molecule has 0 saturated carbocycles. The molecule has 7 aromatic rings. The molecule has 0 fully saturated rings. The first-order valence-corrected chi connectivity index (χ1v) is 14.6. The van der Waals surface area contributed by atoms with Crippen molar-refractivity contribution in [3.63, 3.8) is 0 Å². The van der Waals surface area contributed by atoms with Gasteiger partial charge in [0, 0.05) is 16.7 Å². The van der Waals surface area contributed by atoms with Crippen LogP contribution in [-0.2, 0) is 6.42 Å². The zero-order chi connectivity index (χ0) is 28.6. The first-order chi connectivity index (χ1) is 21.3. The Morgan fingerprint density at radius 2 is 0.791 bits per heavy atom. The summed E-state index contributed by atoms with van der Waals surface area (Å²) in [5, 5.41) is 0. The Labute approximate surface area is 251 Å². The molecule has 0 N–H and O–H groups in total. The number of rotatable bonds is 5. The van der Waals surface area contributed by atoms with Gasteiger partial charge in [0.2, 0.25) is 0 Å². The van der Waals surface area contributed by atoms with Crippen LogP contribution < -0.4 is 0 Å². The molecule has 1 heterocycles. The maximum Gasteiger partial charge on any atom is 0.164 e. The van der Waals surface area contributed by atoms with Crippen LogP contribution in [0, 0.1) is 0 Å². The molecule has 0 spiro atoms. The van der Waals surface area contributed by atoms with Gasteiger partial charge in [-0.1, -0.05) is 133 Å². The largest absolute Gasteiger partial charge is 0.208 e. The van der Waals surface area contributed by atoms with Crippen LogP contribution in [0.15, 0.2) is 152 Å². The van der Waals surface area contributed by atoms with E-state index in [1.165, 1.54) is 27.8 Å². The van der Waals surface area contributed by atoms with E-state index in [-0.39, 0.29) is 0 Å². The average molecular weight is 550 g/mol. The summed E-state index contributed by atoms with van der Waals surface area (Å²) in [7, 11) is 0. The molecule has 6 aromatic carbocycles. The van der Waals surface area contributed by atoms with Gasteiger partial charge >= 0.3 is 0 Å². The Kier molecular flexibility index (Phi) is 6.20. The van der Waals surface area contributed by atoms with Gasteiger partial charge in [-0.25, -0.2) is 15.0 Å². The molecule has 0 atom stereocenters. The SMILES string of the molecule is c1ccc(-c2cc(-c3nc(-c4ccccc4)nc(-c4ccccc4)n3)cc(-c3cccc4c3-c3ccccc3C4)c2)cc1. The minimum Gasteiger partial charge on any atom is -0.208 e. The smallest absolute Gasteiger partial charge is 0.164 e. The van der Waals surface area contributed by atoms with E-state index in [9.17, 15) is 0 Å². The van der Waals surface area contributed by atoms with Gasteiger partial charge < -0.3 is 0 Å².